The predicted octanol–water partition coefficient (Wildman–Crippen LogP) is 1.93. The zero-order valence-electron chi connectivity index (χ0n) is 9.13. The molecule has 1 aromatic carbocycles. The average Bonchev–Trinajstić information content (AvgIpc) is 3.01. The lowest BCUT2D eigenvalue weighted by atomic mass is 10.1. The van der Waals surface area contributed by atoms with E-state index in [0.29, 0.717) is 6.04 Å². The normalized spacial score (nSPS) is 14.8. The molecule has 1 fully saturated rings. The standard InChI is InChI=1S/C12H16N2O/c1-8-3-6-10(11(7-8)13-2)12(15)14-9-4-5-9/h3,6-7,9,13H,4-5H2,1-2H3,(H,14,15). The molecule has 0 aromatic heterocycles. The van der Waals surface area contributed by atoms with Gasteiger partial charge in [-0.3, -0.25) is 4.79 Å². The molecule has 0 atom stereocenters. The molecule has 0 spiro atoms. The van der Waals surface area contributed by atoms with Crippen LogP contribution < -0.4 is 10.6 Å². The molecule has 0 radical (unpaired) electrons. The van der Waals surface area contributed by atoms with Gasteiger partial charge in [-0.25, -0.2) is 0 Å². The van der Waals surface area contributed by atoms with E-state index in [1.165, 1.54) is 0 Å². The fourth-order valence-corrected chi connectivity index (χ4v) is 1.55. The van der Waals surface area contributed by atoms with E-state index in [0.717, 1.165) is 29.7 Å². The molecule has 1 aliphatic rings. The third kappa shape index (κ3) is 2.29. The lowest BCUT2D eigenvalue weighted by Crippen LogP contribution is -2.26. The summed E-state index contributed by atoms with van der Waals surface area (Å²) in [6.07, 6.45) is 2.24. The van der Waals surface area contributed by atoms with Gasteiger partial charge in [-0.05, 0) is 37.5 Å². The second-order valence-electron chi connectivity index (χ2n) is 4.05. The van der Waals surface area contributed by atoms with Crippen LogP contribution in [0.1, 0.15) is 28.8 Å². The fraction of sp³-hybridized carbons (Fsp3) is 0.417. The molecule has 1 aliphatic carbocycles. The molecule has 0 aliphatic heterocycles. The van der Waals surface area contributed by atoms with Crippen LogP contribution in [0.3, 0.4) is 0 Å². The molecular weight excluding hydrogens is 188 g/mol. The van der Waals surface area contributed by atoms with Crippen molar-refractivity contribution in [3.8, 4) is 0 Å². The number of aryl methyl sites for hydroxylation is 1. The maximum Gasteiger partial charge on any atom is 0.253 e. The molecule has 80 valence electrons. The minimum atomic E-state index is 0.0295. The van der Waals surface area contributed by atoms with E-state index < -0.39 is 0 Å². The number of hydrogen-bond donors (Lipinski definition) is 2. The van der Waals surface area contributed by atoms with Gasteiger partial charge in [0.2, 0.25) is 0 Å². The van der Waals surface area contributed by atoms with Crippen molar-refractivity contribution in [3.63, 3.8) is 0 Å². The number of nitrogens with one attached hydrogen (secondary N) is 2. The Kier molecular flexibility index (Phi) is 2.62. The molecule has 1 amide bonds. The van der Waals surface area contributed by atoms with Crippen molar-refractivity contribution in [1.29, 1.82) is 0 Å². The maximum absolute atomic E-state index is 11.8. The molecule has 0 saturated heterocycles. The van der Waals surface area contributed by atoms with Crippen LogP contribution in [-0.2, 0) is 0 Å². The van der Waals surface area contributed by atoms with Gasteiger partial charge < -0.3 is 10.6 Å². The summed E-state index contributed by atoms with van der Waals surface area (Å²) >= 11 is 0. The second kappa shape index (κ2) is 3.93. The lowest BCUT2D eigenvalue weighted by Gasteiger charge is -2.10. The van der Waals surface area contributed by atoms with Gasteiger partial charge in [0, 0.05) is 18.8 Å². The summed E-state index contributed by atoms with van der Waals surface area (Å²) in [5.41, 5.74) is 2.78. The number of carbonyl (C=O) groups is 1. The molecule has 3 heteroatoms. The van der Waals surface area contributed by atoms with Crippen molar-refractivity contribution in [3.05, 3.63) is 29.3 Å². The Hall–Kier alpha value is -1.51. The number of rotatable bonds is 3. The van der Waals surface area contributed by atoms with E-state index >= 15 is 0 Å². The Bertz CT molecular complexity index is 383. The first-order valence-corrected chi connectivity index (χ1v) is 5.30. The number of amides is 1. The van der Waals surface area contributed by atoms with Crippen LogP contribution in [0.4, 0.5) is 5.69 Å². The van der Waals surface area contributed by atoms with Crippen LogP contribution in [0.25, 0.3) is 0 Å². The van der Waals surface area contributed by atoms with Crippen LogP contribution >= 0.6 is 0 Å². The zero-order valence-corrected chi connectivity index (χ0v) is 9.13. The molecule has 2 N–H and O–H groups in total. The van der Waals surface area contributed by atoms with Crippen LogP contribution in [0.2, 0.25) is 0 Å². The number of hydrogen-bond acceptors (Lipinski definition) is 2. The Balaban J connectivity index is 2.21. The number of anilines is 1. The molecule has 1 saturated carbocycles. The third-order valence-corrected chi connectivity index (χ3v) is 2.60. The van der Waals surface area contributed by atoms with Crippen LogP contribution in [-0.4, -0.2) is 19.0 Å². The van der Waals surface area contributed by atoms with E-state index in [1.54, 1.807) is 0 Å². The van der Waals surface area contributed by atoms with Gasteiger partial charge in [0.1, 0.15) is 0 Å². The second-order valence-corrected chi connectivity index (χ2v) is 4.05. The maximum atomic E-state index is 11.8. The number of benzene rings is 1. The fourth-order valence-electron chi connectivity index (χ4n) is 1.55. The molecule has 3 nitrogen and oxygen atoms in total. The molecule has 0 unspecified atom stereocenters. The van der Waals surface area contributed by atoms with Crippen molar-refractivity contribution in [2.45, 2.75) is 25.8 Å². The van der Waals surface area contributed by atoms with E-state index in [1.807, 2.05) is 32.2 Å². The third-order valence-electron chi connectivity index (χ3n) is 2.60. The highest BCUT2D eigenvalue weighted by molar-refractivity contribution is 6.00. The van der Waals surface area contributed by atoms with E-state index in [-0.39, 0.29) is 5.91 Å². The van der Waals surface area contributed by atoms with E-state index in [2.05, 4.69) is 10.6 Å². The Morgan fingerprint density at radius 3 is 2.73 bits per heavy atom. The summed E-state index contributed by atoms with van der Waals surface area (Å²) in [4.78, 5) is 11.8. The van der Waals surface area contributed by atoms with Crippen molar-refractivity contribution < 1.29 is 4.79 Å². The SMILES string of the molecule is CNc1cc(C)ccc1C(=O)NC1CC1. The van der Waals surface area contributed by atoms with Crippen molar-refractivity contribution in [2.24, 2.45) is 0 Å². The lowest BCUT2D eigenvalue weighted by molar-refractivity contribution is 0.0952. The smallest absolute Gasteiger partial charge is 0.253 e. The summed E-state index contributed by atoms with van der Waals surface area (Å²) in [7, 11) is 1.84. The minimum Gasteiger partial charge on any atom is -0.387 e. The largest absolute Gasteiger partial charge is 0.387 e. The Labute approximate surface area is 89.9 Å². The van der Waals surface area contributed by atoms with Crippen molar-refractivity contribution in [1.82, 2.24) is 5.32 Å². The molecule has 0 bridgehead atoms. The first-order valence-electron chi connectivity index (χ1n) is 5.30. The van der Waals surface area contributed by atoms with Crippen LogP contribution in [0.15, 0.2) is 18.2 Å². The Morgan fingerprint density at radius 2 is 2.13 bits per heavy atom. The van der Waals surface area contributed by atoms with Gasteiger partial charge in [-0.2, -0.15) is 0 Å². The summed E-state index contributed by atoms with van der Waals surface area (Å²) in [5, 5.41) is 6.04. The monoisotopic (exact) mass is 204 g/mol. The van der Waals surface area contributed by atoms with Gasteiger partial charge >= 0.3 is 0 Å². The molecule has 15 heavy (non-hydrogen) atoms. The van der Waals surface area contributed by atoms with E-state index in [4.69, 9.17) is 0 Å². The minimum absolute atomic E-state index is 0.0295. The van der Waals surface area contributed by atoms with Crippen LogP contribution in [0, 0.1) is 6.92 Å². The van der Waals surface area contributed by atoms with Gasteiger partial charge in [-0.1, -0.05) is 6.07 Å². The first-order chi connectivity index (χ1) is 7.20. The van der Waals surface area contributed by atoms with E-state index in [9.17, 15) is 4.79 Å². The predicted molar refractivity (Wildman–Crippen MR) is 61.2 cm³/mol. The van der Waals surface area contributed by atoms with Crippen molar-refractivity contribution >= 4 is 11.6 Å². The first kappa shape index (κ1) is 10.0. The molecule has 2 rings (SSSR count). The summed E-state index contributed by atoms with van der Waals surface area (Å²) < 4.78 is 0. The average molecular weight is 204 g/mol. The molecule has 0 heterocycles. The summed E-state index contributed by atoms with van der Waals surface area (Å²) in [6.45, 7) is 2.02. The van der Waals surface area contributed by atoms with Gasteiger partial charge in [0.05, 0.1) is 5.56 Å². The topological polar surface area (TPSA) is 41.1 Å². The number of carbonyl (C=O) groups excluding carboxylic acids is 1. The zero-order chi connectivity index (χ0) is 10.8. The Morgan fingerprint density at radius 1 is 1.40 bits per heavy atom. The van der Waals surface area contributed by atoms with Gasteiger partial charge in [0.15, 0.2) is 0 Å². The van der Waals surface area contributed by atoms with Crippen LogP contribution in [0.5, 0.6) is 0 Å². The molecule has 1 aromatic rings. The summed E-state index contributed by atoms with van der Waals surface area (Å²) in [5.74, 6) is 0.0295. The summed E-state index contributed by atoms with van der Waals surface area (Å²) in [6, 6.07) is 6.23. The quantitative estimate of drug-likeness (QED) is 0.790. The van der Waals surface area contributed by atoms with Crippen molar-refractivity contribution in [2.75, 3.05) is 12.4 Å². The highest BCUT2D eigenvalue weighted by atomic mass is 16.1. The molecular formula is C12H16N2O. The highest BCUT2D eigenvalue weighted by Crippen LogP contribution is 2.22. The van der Waals surface area contributed by atoms with Gasteiger partial charge in [0.25, 0.3) is 5.91 Å². The highest BCUT2D eigenvalue weighted by Gasteiger charge is 2.24. The van der Waals surface area contributed by atoms with Gasteiger partial charge in [-0.15, -0.1) is 0 Å².